The van der Waals surface area contributed by atoms with E-state index in [0.29, 0.717) is 0 Å². The molecule has 3 rings (SSSR count). The van der Waals surface area contributed by atoms with Crippen molar-refractivity contribution >= 4 is 0 Å². The standard InChI is InChI=1S/C18H26N4O/c1-3-23-18-5-4-17(15(2)10-18)12-21-8-6-16(7-9-21)11-22-14-19-13-20-22/h4-5,10,13-14,16H,3,6-9,11-12H2,1-2H3. The number of hydrogen-bond acceptors (Lipinski definition) is 4. The van der Waals surface area contributed by atoms with Gasteiger partial charge < -0.3 is 4.74 Å². The lowest BCUT2D eigenvalue weighted by Gasteiger charge is -2.32. The molecule has 2 heterocycles. The summed E-state index contributed by atoms with van der Waals surface area (Å²) in [7, 11) is 0. The number of benzene rings is 1. The summed E-state index contributed by atoms with van der Waals surface area (Å²) in [5.41, 5.74) is 2.73. The monoisotopic (exact) mass is 314 g/mol. The molecule has 1 saturated heterocycles. The van der Waals surface area contributed by atoms with Crippen LogP contribution in [-0.4, -0.2) is 39.4 Å². The van der Waals surface area contributed by atoms with E-state index in [4.69, 9.17) is 4.74 Å². The molecule has 5 heteroatoms. The third-order valence-electron chi connectivity index (χ3n) is 4.64. The van der Waals surface area contributed by atoms with Crippen molar-refractivity contribution in [3.8, 4) is 5.75 Å². The molecule has 1 fully saturated rings. The van der Waals surface area contributed by atoms with Crippen LogP contribution in [0.15, 0.2) is 30.9 Å². The Morgan fingerprint density at radius 2 is 2.09 bits per heavy atom. The Kier molecular flexibility index (Phi) is 5.28. The van der Waals surface area contributed by atoms with Crippen molar-refractivity contribution in [2.75, 3.05) is 19.7 Å². The Balaban J connectivity index is 1.50. The minimum Gasteiger partial charge on any atom is -0.494 e. The summed E-state index contributed by atoms with van der Waals surface area (Å²) in [6.07, 6.45) is 5.89. The van der Waals surface area contributed by atoms with E-state index in [-0.39, 0.29) is 0 Å². The predicted molar refractivity (Wildman–Crippen MR) is 90.4 cm³/mol. The average Bonchev–Trinajstić information content (AvgIpc) is 3.05. The van der Waals surface area contributed by atoms with E-state index < -0.39 is 0 Å². The lowest BCUT2D eigenvalue weighted by Crippen LogP contribution is -2.34. The number of aryl methyl sites for hydroxylation is 1. The molecule has 0 unspecified atom stereocenters. The molecule has 1 aromatic heterocycles. The van der Waals surface area contributed by atoms with E-state index in [0.717, 1.165) is 44.5 Å². The van der Waals surface area contributed by atoms with Crippen LogP contribution in [0.25, 0.3) is 0 Å². The zero-order valence-electron chi connectivity index (χ0n) is 14.1. The topological polar surface area (TPSA) is 43.2 Å². The molecule has 124 valence electrons. The highest BCUT2D eigenvalue weighted by Crippen LogP contribution is 2.23. The van der Waals surface area contributed by atoms with Gasteiger partial charge in [0.05, 0.1) is 6.61 Å². The van der Waals surface area contributed by atoms with Crippen LogP contribution in [0.2, 0.25) is 0 Å². The number of hydrogen-bond donors (Lipinski definition) is 0. The fourth-order valence-corrected chi connectivity index (χ4v) is 3.26. The van der Waals surface area contributed by atoms with Crippen molar-refractivity contribution in [3.63, 3.8) is 0 Å². The molecule has 0 saturated carbocycles. The molecule has 0 amide bonds. The molecule has 0 radical (unpaired) electrons. The molecule has 0 spiro atoms. The predicted octanol–water partition coefficient (Wildman–Crippen LogP) is 2.90. The number of ether oxygens (including phenoxy) is 1. The molecule has 1 aliphatic heterocycles. The van der Waals surface area contributed by atoms with Crippen LogP contribution in [0, 0.1) is 12.8 Å². The first-order chi connectivity index (χ1) is 11.2. The number of aromatic nitrogens is 3. The minimum absolute atomic E-state index is 0.717. The van der Waals surface area contributed by atoms with Gasteiger partial charge in [-0.05, 0) is 69.0 Å². The SMILES string of the molecule is CCOc1ccc(CN2CCC(Cn3cncn3)CC2)c(C)c1. The first kappa shape index (κ1) is 16.0. The van der Waals surface area contributed by atoms with Gasteiger partial charge >= 0.3 is 0 Å². The average molecular weight is 314 g/mol. The van der Waals surface area contributed by atoms with Crippen LogP contribution in [0.4, 0.5) is 0 Å². The van der Waals surface area contributed by atoms with Gasteiger partial charge in [-0.15, -0.1) is 0 Å². The molecular formula is C18H26N4O. The molecule has 5 nitrogen and oxygen atoms in total. The van der Waals surface area contributed by atoms with E-state index in [2.05, 4.69) is 40.1 Å². The molecule has 0 atom stereocenters. The normalized spacial score (nSPS) is 16.6. The van der Waals surface area contributed by atoms with Crippen molar-refractivity contribution in [1.82, 2.24) is 19.7 Å². The Labute approximate surface area is 138 Å². The van der Waals surface area contributed by atoms with Crippen molar-refractivity contribution in [3.05, 3.63) is 42.0 Å². The summed E-state index contributed by atoms with van der Waals surface area (Å²) in [6, 6.07) is 6.45. The third-order valence-corrected chi connectivity index (χ3v) is 4.64. The Hall–Kier alpha value is -1.88. The molecule has 1 aliphatic rings. The Morgan fingerprint density at radius 1 is 1.26 bits per heavy atom. The second kappa shape index (κ2) is 7.59. The van der Waals surface area contributed by atoms with Gasteiger partial charge in [0.25, 0.3) is 0 Å². The molecule has 1 aromatic carbocycles. The summed E-state index contributed by atoms with van der Waals surface area (Å²) >= 11 is 0. The summed E-state index contributed by atoms with van der Waals surface area (Å²) in [5, 5.41) is 4.21. The fourth-order valence-electron chi connectivity index (χ4n) is 3.26. The van der Waals surface area contributed by atoms with Gasteiger partial charge in [0, 0.05) is 13.1 Å². The molecule has 23 heavy (non-hydrogen) atoms. The first-order valence-electron chi connectivity index (χ1n) is 8.51. The van der Waals surface area contributed by atoms with Gasteiger partial charge in [0.2, 0.25) is 0 Å². The van der Waals surface area contributed by atoms with Crippen LogP contribution in [-0.2, 0) is 13.1 Å². The van der Waals surface area contributed by atoms with Gasteiger partial charge in [-0.3, -0.25) is 9.58 Å². The van der Waals surface area contributed by atoms with Gasteiger partial charge in [-0.1, -0.05) is 6.07 Å². The van der Waals surface area contributed by atoms with E-state index in [1.54, 1.807) is 6.33 Å². The van der Waals surface area contributed by atoms with E-state index in [1.807, 2.05) is 17.9 Å². The molecule has 2 aromatic rings. The lowest BCUT2D eigenvalue weighted by atomic mass is 9.96. The van der Waals surface area contributed by atoms with Crippen LogP contribution in [0.5, 0.6) is 5.75 Å². The van der Waals surface area contributed by atoms with Crippen molar-refractivity contribution in [2.24, 2.45) is 5.92 Å². The summed E-state index contributed by atoms with van der Waals surface area (Å²) < 4.78 is 7.52. The highest BCUT2D eigenvalue weighted by molar-refractivity contribution is 5.34. The van der Waals surface area contributed by atoms with E-state index >= 15 is 0 Å². The third kappa shape index (κ3) is 4.32. The summed E-state index contributed by atoms with van der Waals surface area (Å²) in [5.74, 6) is 1.69. The number of nitrogens with zero attached hydrogens (tertiary/aromatic N) is 4. The number of rotatable bonds is 6. The maximum Gasteiger partial charge on any atom is 0.137 e. The summed E-state index contributed by atoms with van der Waals surface area (Å²) in [4.78, 5) is 6.58. The van der Waals surface area contributed by atoms with Gasteiger partial charge in [0.1, 0.15) is 18.4 Å². The summed E-state index contributed by atoms with van der Waals surface area (Å²) in [6.45, 7) is 9.27. The maximum atomic E-state index is 5.57. The molecule has 0 N–H and O–H groups in total. The molecular weight excluding hydrogens is 288 g/mol. The molecule has 0 bridgehead atoms. The van der Waals surface area contributed by atoms with Gasteiger partial charge in [-0.2, -0.15) is 5.10 Å². The highest BCUT2D eigenvalue weighted by atomic mass is 16.5. The first-order valence-corrected chi connectivity index (χ1v) is 8.51. The van der Waals surface area contributed by atoms with Crippen molar-refractivity contribution < 1.29 is 4.74 Å². The van der Waals surface area contributed by atoms with E-state index in [1.165, 1.54) is 24.0 Å². The highest BCUT2D eigenvalue weighted by Gasteiger charge is 2.20. The largest absolute Gasteiger partial charge is 0.494 e. The number of piperidine rings is 1. The van der Waals surface area contributed by atoms with Crippen LogP contribution >= 0.6 is 0 Å². The smallest absolute Gasteiger partial charge is 0.137 e. The second-order valence-electron chi connectivity index (χ2n) is 6.36. The van der Waals surface area contributed by atoms with Crippen LogP contribution in [0.3, 0.4) is 0 Å². The van der Waals surface area contributed by atoms with Crippen molar-refractivity contribution in [2.45, 2.75) is 39.8 Å². The van der Waals surface area contributed by atoms with Crippen LogP contribution in [0.1, 0.15) is 30.9 Å². The van der Waals surface area contributed by atoms with E-state index in [9.17, 15) is 0 Å². The second-order valence-corrected chi connectivity index (χ2v) is 6.36. The fraction of sp³-hybridized carbons (Fsp3) is 0.556. The molecule has 0 aliphatic carbocycles. The van der Waals surface area contributed by atoms with Crippen LogP contribution < -0.4 is 4.74 Å². The number of likely N-dealkylation sites (tertiary alicyclic amines) is 1. The Bertz CT molecular complexity index is 603. The zero-order valence-corrected chi connectivity index (χ0v) is 14.1. The minimum atomic E-state index is 0.717. The zero-order chi connectivity index (χ0) is 16.1. The lowest BCUT2D eigenvalue weighted by molar-refractivity contribution is 0.164. The van der Waals surface area contributed by atoms with Gasteiger partial charge in [-0.25, -0.2) is 4.98 Å². The Morgan fingerprint density at radius 3 is 2.74 bits per heavy atom. The quantitative estimate of drug-likeness (QED) is 0.822. The van der Waals surface area contributed by atoms with Gasteiger partial charge in [0.15, 0.2) is 0 Å². The maximum absolute atomic E-state index is 5.57. The van der Waals surface area contributed by atoms with Crippen molar-refractivity contribution in [1.29, 1.82) is 0 Å².